The summed E-state index contributed by atoms with van der Waals surface area (Å²) in [6.07, 6.45) is 2.00. The van der Waals surface area contributed by atoms with Crippen molar-refractivity contribution in [3.05, 3.63) is 48.0 Å². The standard InChI is InChI=1S/C21H26N6O8/c22-14(7-18(30)31)19(32)27-15(6-12-8-23-10-25-12)20(33)24-9-17(29)26-16(21(34)35)5-11-1-3-13(28)4-2-11/h1-4,8,10,14-16,28H,5-7,9,22H2,(H,23,25)(H,24,33)(H,26,29)(H,27,32)(H,30,31)(H,34,35). The number of hydrogen-bond acceptors (Lipinski definition) is 8. The fourth-order valence-corrected chi connectivity index (χ4v) is 2.99. The van der Waals surface area contributed by atoms with Crippen LogP contribution in [0.4, 0.5) is 0 Å². The van der Waals surface area contributed by atoms with Crippen molar-refractivity contribution in [3.8, 4) is 5.75 Å². The number of hydrogen-bond donors (Lipinski definition) is 8. The Labute approximate surface area is 198 Å². The topological polar surface area (TPSA) is 237 Å². The number of nitrogens with one attached hydrogen (secondary N) is 4. The number of rotatable bonds is 13. The summed E-state index contributed by atoms with van der Waals surface area (Å²) in [6, 6.07) is 1.87. The number of carboxylic acids is 2. The molecule has 0 fully saturated rings. The molecule has 0 radical (unpaired) electrons. The van der Waals surface area contributed by atoms with Crippen molar-refractivity contribution in [1.29, 1.82) is 0 Å². The molecule has 14 heteroatoms. The molecule has 2 rings (SSSR count). The van der Waals surface area contributed by atoms with Gasteiger partial charge < -0.3 is 42.0 Å². The molecule has 0 aliphatic carbocycles. The Morgan fingerprint density at radius 3 is 2.23 bits per heavy atom. The first kappa shape index (κ1) is 26.8. The van der Waals surface area contributed by atoms with Crippen LogP contribution in [0.25, 0.3) is 0 Å². The first-order valence-corrected chi connectivity index (χ1v) is 10.4. The van der Waals surface area contributed by atoms with Gasteiger partial charge in [-0.05, 0) is 17.7 Å². The maximum absolute atomic E-state index is 12.7. The second-order valence-corrected chi connectivity index (χ2v) is 7.59. The third-order valence-corrected chi connectivity index (χ3v) is 4.78. The number of H-pyrrole nitrogens is 1. The number of aromatic hydroxyl groups is 1. The van der Waals surface area contributed by atoms with E-state index in [-0.39, 0.29) is 18.6 Å². The summed E-state index contributed by atoms with van der Waals surface area (Å²) < 4.78 is 0. The minimum Gasteiger partial charge on any atom is -0.508 e. The number of carbonyl (C=O) groups is 5. The number of imidazole rings is 1. The van der Waals surface area contributed by atoms with Gasteiger partial charge in [-0.25, -0.2) is 9.78 Å². The first-order chi connectivity index (χ1) is 16.5. The number of aromatic amines is 1. The van der Waals surface area contributed by atoms with Crippen molar-refractivity contribution in [3.63, 3.8) is 0 Å². The van der Waals surface area contributed by atoms with Crippen molar-refractivity contribution in [2.24, 2.45) is 5.73 Å². The van der Waals surface area contributed by atoms with Crippen LogP contribution in [0.15, 0.2) is 36.8 Å². The van der Waals surface area contributed by atoms with E-state index in [1.165, 1.54) is 36.8 Å². The zero-order valence-electron chi connectivity index (χ0n) is 18.4. The fourth-order valence-electron chi connectivity index (χ4n) is 2.99. The van der Waals surface area contributed by atoms with Crippen LogP contribution in [0.3, 0.4) is 0 Å². The fraction of sp³-hybridized carbons (Fsp3) is 0.333. The number of amides is 3. The molecule has 0 aliphatic heterocycles. The molecule has 3 unspecified atom stereocenters. The summed E-state index contributed by atoms with van der Waals surface area (Å²) >= 11 is 0. The van der Waals surface area contributed by atoms with E-state index in [1.807, 2.05) is 0 Å². The Hall–Kier alpha value is -4.46. The first-order valence-electron chi connectivity index (χ1n) is 10.4. The molecular formula is C21H26N6O8. The Morgan fingerprint density at radius 1 is 0.971 bits per heavy atom. The number of aromatic nitrogens is 2. The molecule has 1 heterocycles. The number of aliphatic carboxylic acids is 2. The Balaban J connectivity index is 1.97. The van der Waals surface area contributed by atoms with Crippen LogP contribution >= 0.6 is 0 Å². The highest BCUT2D eigenvalue weighted by Crippen LogP contribution is 2.11. The van der Waals surface area contributed by atoms with Crippen molar-refractivity contribution < 1.29 is 39.3 Å². The van der Waals surface area contributed by atoms with Crippen LogP contribution in [0.1, 0.15) is 17.7 Å². The second kappa shape index (κ2) is 12.7. The average molecular weight is 490 g/mol. The van der Waals surface area contributed by atoms with Gasteiger partial charge in [0.25, 0.3) is 0 Å². The van der Waals surface area contributed by atoms with E-state index in [4.69, 9.17) is 10.8 Å². The van der Waals surface area contributed by atoms with Crippen LogP contribution in [0.5, 0.6) is 5.75 Å². The maximum Gasteiger partial charge on any atom is 0.326 e. The van der Waals surface area contributed by atoms with E-state index in [1.54, 1.807) is 0 Å². The van der Waals surface area contributed by atoms with Crippen LogP contribution in [-0.4, -0.2) is 79.6 Å². The molecule has 35 heavy (non-hydrogen) atoms. The zero-order chi connectivity index (χ0) is 26.0. The average Bonchev–Trinajstić information content (AvgIpc) is 3.30. The molecular weight excluding hydrogens is 464 g/mol. The van der Waals surface area contributed by atoms with Crippen molar-refractivity contribution in [2.45, 2.75) is 37.4 Å². The van der Waals surface area contributed by atoms with E-state index in [0.717, 1.165) is 0 Å². The highest BCUT2D eigenvalue weighted by atomic mass is 16.4. The van der Waals surface area contributed by atoms with Gasteiger partial charge in [0.1, 0.15) is 17.8 Å². The lowest BCUT2D eigenvalue weighted by atomic mass is 10.1. The third-order valence-electron chi connectivity index (χ3n) is 4.78. The molecule has 0 bridgehead atoms. The molecule has 2 aromatic rings. The number of benzene rings is 1. The van der Waals surface area contributed by atoms with Gasteiger partial charge in [0.15, 0.2) is 0 Å². The number of carbonyl (C=O) groups excluding carboxylic acids is 3. The lowest BCUT2D eigenvalue weighted by molar-refractivity contribution is -0.141. The highest BCUT2D eigenvalue weighted by molar-refractivity contribution is 5.93. The van der Waals surface area contributed by atoms with Gasteiger partial charge in [0.05, 0.1) is 25.3 Å². The predicted octanol–water partition coefficient (Wildman–Crippen LogP) is -2.13. The molecule has 9 N–H and O–H groups in total. The summed E-state index contributed by atoms with van der Waals surface area (Å²) in [6.45, 7) is -0.589. The number of nitrogens with zero attached hydrogens (tertiary/aromatic N) is 1. The Morgan fingerprint density at radius 2 is 1.66 bits per heavy atom. The summed E-state index contributed by atoms with van der Waals surface area (Å²) in [7, 11) is 0. The Kier molecular flexibility index (Phi) is 9.71. The van der Waals surface area contributed by atoms with Gasteiger partial charge in [-0.3, -0.25) is 19.2 Å². The number of carboxylic acid groups (broad SMARTS) is 2. The number of nitrogens with two attached hydrogens (primary N) is 1. The van der Waals surface area contributed by atoms with Crippen LogP contribution in [0.2, 0.25) is 0 Å². The SMILES string of the molecule is NC(CC(=O)O)C(=O)NC(Cc1cnc[nH]1)C(=O)NCC(=O)NC(Cc1ccc(O)cc1)C(=O)O. The van der Waals surface area contributed by atoms with E-state index < -0.39 is 60.8 Å². The number of phenols is 1. The smallest absolute Gasteiger partial charge is 0.326 e. The highest BCUT2D eigenvalue weighted by Gasteiger charge is 2.27. The van der Waals surface area contributed by atoms with Crippen LogP contribution < -0.4 is 21.7 Å². The summed E-state index contributed by atoms with van der Waals surface area (Å²) in [4.78, 5) is 66.0. The monoisotopic (exact) mass is 490 g/mol. The minimum atomic E-state index is -1.40. The van der Waals surface area contributed by atoms with Gasteiger partial charge >= 0.3 is 11.9 Å². The lowest BCUT2D eigenvalue weighted by Gasteiger charge is -2.20. The maximum atomic E-state index is 12.7. The van der Waals surface area contributed by atoms with E-state index in [2.05, 4.69) is 25.9 Å². The molecule has 1 aromatic carbocycles. The molecule has 0 saturated heterocycles. The molecule has 0 aliphatic rings. The molecule has 188 valence electrons. The van der Waals surface area contributed by atoms with E-state index >= 15 is 0 Å². The zero-order valence-corrected chi connectivity index (χ0v) is 18.4. The molecule has 3 amide bonds. The molecule has 0 saturated carbocycles. The third kappa shape index (κ3) is 9.13. The summed E-state index contributed by atoms with van der Waals surface area (Å²) in [5, 5.41) is 34.5. The van der Waals surface area contributed by atoms with Crippen molar-refractivity contribution in [1.82, 2.24) is 25.9 Å². The van der Waals surface area contributed by atoms with E-state index in [0.29, 0.717) is 11.3 Å². The van der Waals surface area contributed by atoms with Crippen LogP contribution in [-0.2, 0) is 36.8 Å². The van der Waals surface area contributed by atoms with Gasteiger partial charge in [-0.2, -0.15) is 0 Å². The van der Waals surface area contributed by atoms with Crippen molar-refractivity contribution >= 4 is 29.7 Å². The van der Waals surface area contributed by atoms with Gasteiger partial charge in [-0.1, -0.05) is 12.1 Å². The number of phenolic OH excluding ortho intramolecular Hbond substituents is 1. The van der Waals surface area contributed by atoms with Crippen molar-refractivity contribution in [2.75, 3.05) is 6.54 Å². The molecule has 1 aromatic heterocycles. The second-order valence-electron chi connectivity index (χ2n) is 7.59. The summed E-state index contributed by atoms with van der Waals surface area (Å²) in [5.41, 5.74) is 6.57. The van der Waals surface area contributed by atoms with E-state index in [9.17, 15) is 34.2 Å². The van der Waals surface area contributed by atoms with Gasteiger partial charge in [-0.15, -0.1) is 0 Å². The van der Waals surface area contributed by atoms with Gasteiger partial charge in [0.2, 0.25) is 17.7 Å². The lowest BCUT2D eigenvalue weighted by Crippen LogP contribution is -2.54. The van der Waals surface area contributed by atoms with Gasteiger partial charge in [0, 0.05) is 24.7 Å². The molecule has 0 spiro atoms. The Bertz CT molecular complexity index is 1040. The minimum absolute atomic E-state index is 0.00747. The predicted molar refractivity (Wildman–Crippen MR) is 119 cm³/mol. The molecule has 14 nitrogen and oxygen atoms in total. The molecule has 3 atom stereocenters. The quantitative estimate of drug-likeness (QED) is 0.152. The summed E-state index contributed by atoms with van der Waals surface area (Å²) in [5.74, 6) is -5.03. The normalized spacial score (nSPS) is 13.2. The largest absolute Gasteiger partial charge is 0.508 e. The van der Waals surface area contributed by atoms with Crippen LogP contribution in [0, 0.1) is 0 Å².